The van der Waals surface area contributed by atoms with E-state index in [0.717, 1.165) is 0 Å². The Morgan fingerprint density at radius 2 is 2.10 bits per heavy atom. The second-order valence-corrected chi connectivity index (χ2v) is 2.38. The van der Waals surface area contributed by atoms with Crippen LogP contribution in [0.1, 0.15) is 13.8 Å². The van der Waals surface area contributed by atoms with Crippen molar-refractivity contribution in [3.63, 3.8) is 0 Å². The molecule has 1 atom stereocenters. The Hall–Kier alpha value is -0.610. The minimum Gasteiger partial charge on any atom is -0.480 e. The van der Waals surface area contributed by atoms with Crippen molar-refractivity contribution in [3.8, 4) is 0 Å². The van der Waals surface area contributed by atoms with Crippen molar-refractivity contribution in [1.29, 1.82) is 0 Å². The van der Waals surface area contributed by atoms with Crippen LogP contribution in [-0.4, -0.2) is 24.2 Å². The Morgan fingerprint density at radius 3 is 2.20 bits per heavy atom. The highest BCUT2D eigenvalue weighted by Gasteiger charge is 2.20. The molecule has 0 radical (unpaired) electrons. The van der Waals surface area contributed by atoms with Crippen molar-refractivity contribution in [1.82, 2.24) is 5.48 Å². The van der Waals surface area contributed by atoms with Crippen LogP contribution >= 0.6 is 0 Å². The lowest BCUT2D eigenvalue weighted by Gasteiger charge is -2.15. The van der Waals surface area contributed by atoms with Gasteiger partial charge in [-0.05, 0) is 5.92 Å². The zero-order valence-corrected chi connectivity index (χ0v) is 6.42. The van der Waals surface area contributed by atoms with Crippen molar-refractivity contribution in [3.05, 3.63) is 0 Å². The average molecular weight is 147 g/mol. The minimum atomic E-state index is -0.892. The molecule has 0 bridgehead atoms. The molecule has 0 spiro atoms. The summed E-state index contributed by atoms with van der Waals surface area (Å²) in [5.41, 5.74) is 2.38. The fourth-order valence-corrected chi connectivity index (χ4v) is 0.599. The Morgan fingerprint density at radius 1 is 1.60 bits per heavy atom. The van der Waals surface area contributed by atoms with E-state index in [-0.39, 0.29) is 5.92 Å². The highest BCUT2D eigenvalue weighted by molar-refractivity contribution is 5.73. The van der Waals surface area contributed by atoms with E-state index in [1.807, 2.05) is 13.8 Å². The lowest BCUT2D eigenvalue weighted by atomic mass is 10.1. The molecule has 0 aliphatic rings. The van der Waals surface area contributed by atoms with Crippen LogP contribution in [0.3, 0.4) is 0 Å². The molecule has 0 unspecified atom stereocenters. The van der Waals surface area contributed by atoms with Crippen molar-refractivity contribution in [2.75, 3.05) is 7.11 Å². The average Bonchev–Trinajstić information content (AvgIpc) is 1.81. The molecule has 0 rings (SSSR count). The van der Waals surface area contributed by atoms with E-state index in [4.69, 9.17) is 5.11 Å². The van der Waals surface area contributed by atoms with Gasteiger partial charge in [-0.3, -0.25) is 4.79 Å². The Kier molecular flexibility index (Phi) is 3.99. The zero-order chi connectivity index (χ0) is 8.15. The number of hydroxylamine groups is 1. The van der Waals surface area contributed by atoms with Gasteiger partial charge in [0, 0.05) is 0 Å². The maximum Gasteiger partial charge on any atom is 0.323 e. The minimum absolute atomic E-state index is 0.0254. The predicted octanol–water partition coefficient (Wildman–Crippen LogP) is 0.247. The number of nitrogens with one attached hydrogen (secondary N) is 1. The van der Waals surface area contributed by atoms with Gasteiger partial charge in [0.1, 0.15) is 6.04 Å². The van der Waals surface area contributed by atoms with Crippen LogP contribution in [0.15, 0.2) is 0 Å². The van der Waals surface area contributed by atoms with Crippen molar-refractivity contribution in [2.24, 2.45) is 5.92 Å². The van der Waals surface area contributed by atoms with Gasteiger partial charge in [-0.25, -0.2) is 0 Å². The summed E-state index contributed by atoms with van der Waals surface area (Å²) in [6.45, 7) is 3.62. The van der Waals surface area contributed by atoms with E-state index < -0.39 is 12.0 Å². The standard InChI is InChI=1S/C6H13NO3/c1-4(2)5(6(8)9)7-10-3/h4-5,7H,1-3H3,(H,8,9)/t5-/m0/s1. The number of carbonyl (C=O) groups is 1. The first-order valence-electron chi connectivity index (χ1n) is 3.11. The maximum atomic E-state index is 10.4. The normalized spacial score (nSPS) is 13.6. The first kappa shape index (κ1) is 9.39. The summed E-state index contributed by atoms with van der Waals surface area (Å²) in [6, 6.07) is -0.620. The summed E-state index contributed by atoms with van der Waals surface area (Å²) in [5, 5.41) is 8.53. The molecule has 0 saturated heterocycles. The van der Waals surface area contributed by atoms with E-state index in [1.165, 1.54) is 7.11 Å². The van der Waals surface area contributed by atoms with Gasteiger partial charge < -0.3 is 9.94 Å². The van der Waals surface area contributed by atoms with Gasteiger partial charge in [-0.15, -0.1) is 0 Å². The summed E-state index contributed by atoms with van der Waals surface area (Å²) in [7, 11) is 1.40. The largest absolute Gasteiger partial charge is 0.480 e. The number of rotatable bonds is 4. The Labute approximate surface area is 60.1 Å². The van der Waals surface area contributed by atoms with E-state index in [2.05, 4.69) is 10.3 Å². The number of carboxylic acids is 1. The quantitative estimate of drug-likeness (QED) is 0.559. The fourth-order valence-electron chi connectivity index (χ4n) is 0.599. The molecule has 0 heterocycles. The van der Waals surface area contributed by atoms with Crippen LogP contribution in [0, 0.1) is 5.92 Å². The molecule has 0 fully saturated rings. The first-order valence-corrected chi connectivity index (χ1v) is 3.11. The fraction of sp³-hybridized carbons (Fsp3) is 0.833. The predicted molar refractivity (Wildman–Crippen MR) is 36.4 cm³/mol. The number of hydrogen-bond donors (Lipinski definition) is 2. The van der Waals surface area contributed by atoms with Crippen molar-refractivity contribution in [2.45, 2.75) is 19.9 Å². The smallest absolute Gasteiger partial charge is 0.323 e. The van der Waals surface area contributed by atoms with E-state index >= 15 is 0 Å². The van der Waals surface area contributed by atoms with Gasteiger partial charge in [0.15, 0.2) is 0 Å². The molecule has 2 N–H and O–H groups in total. The molecule has 4 heteroatoms. The lowest BCUT2D eigenvalue weighted by Crippen LogP contribution is -2.40. The molecular formula is C6H13NO3. The van der Waals surface area contributed by atoms with Gasteiger partial charge in [0.2, 0.25) is 0 Å². The molecule has 0 aromatic rings. The molecule has 0 aromatic heterocycles. The van der Waals surface area contributed by atoms with Crippen LogP contribution in [-0.2, 0) is 9.63 Å². The molecule has 0 aliphatic heterocycles. The highest BCUT2D eigenvalue weighted by Crippen LogP contribution is 2.00. The van der Waals surface area contributed by atoms with Crippen molar-refractivity contribution >= 4 is 5.97 Å². The third-order valence-electron chi connectivity index (χ3n) is 1.18. The van der Waals surface area contributed by atoms with Crippen LogP contribution in [0.5, 0.6) is 0 Å². The topological polar surface area (TPSA) is 58.6 Å². The third kappa shape index (κ3) is 2.80. The summed E-state index contributed by atoms with van der Waals surface area (Å²) in [5.74, 6) is -0.866. The number of hydrogen-bond acceptors (Lipinski definition) is 3. The molecule has 0 saturated carbocycles. The maximum absolute atomic E-state index is 10.4. The van der Waals surface area contributed by atoms with Crippen LogP contribution in [0.2, 0.25) is 0 Å². The van der Waals surface area contributed by atoms with Gasteiger partial charge in [0.25, 0.3) is 0 Å². The molecule has 4 nitrogen and oxygen atoms in total. The van der Waals surface area contributed by atoms with Crippen molar-refractivity contribution < 1.29 is 14.7 Å². The zero-order valence-electron chi connectivity index (χ0n) is 6.42. The summed E-state index contributed by atoms with van der Waals surface area (Å²) < 4.78 is 0. The van der Waals surface area contributed by atoms with Gasteiger partial charge >= 0.3 is 5.97 Å². The highest BCUT2D eigenvalue weighted by atomic mass is 16.6. The van der Waals surface area contributed by atoms with E-state index in [0.29, 0.717) is 0 Å². The summed E-state index contributed by atoms with van der Waals surface area (Å²) >= 11 is 0. The molecule has 0 aromatic carbocycles. The van der Waals surface area contributed by atoms with Crippen LogP contribution in [0.4, 0.5) is 0 Å². The van der Waals surface area contributed by atoms with E-state index in [1.54, 1.807) is 0 Å². The molecule has 60 valence electrons. The second-order valence-electron chi connectivity index (χ2n) is 2.38. The van der Waals surface area contributed by atoms with Gasteiger partial charge in [0.05, 0.1) is 7.11 Å². The summed E-state index contributed by atoms with van der Waals surface area (Å²) in [4.78, 5) is 14.9. The van der Waals surface area contributed by atoms with Crippen LogP contribution in [0.25, 0.3) is 0 Å². The Balaban J connectivity index is 3.85. The molecule has 10 heavy (non-hydrogen) atoms. The first-order chi connectivity index (χ1) is 4.59. The van der Waals surface area contributed by atoms with Crippen LogP contribution < -0.4 is 5.48 Å². The molecule has 0 amide bonds. The number of carboxylic acid groups (broad SMARTS) is 1. The summed E-state index contributed by atoms with van der Waals surface area (Å²) in [6.07, 6.45) is 0. The molecule has 0 aliphatic carbocycles. The monoisotopic (exact) mass is 147 g/mol. The SMILES string of the molecule is CON[C@H](C(=O)O)C(C)C. The Bertz CT molecular complexity index is 114. The number of aliphatic carboxylic acids is 1. The van der Waals surface area contributed by atoms with Gasteiger partial charge in [-0.2, -0.15) is 5.48 Å². The van der Waals surface area contributed by atoms with Gasteiger partial charge in [-0.1, -0.05) is 13.8 Å². The lowest BCUT2D eigenvalue weighted by molar-refractivity contribution is -0.144. The second kappa shape index (κ2) is 4.24. The molecular weight excluding hydrogens is 134 g/mol. The van der Waals surface area contributed by atoms with E-state index in [9.17, 15) is 4.79 Å². The third-order valence-corrected chi connectivity index (χ3v) is 1.18.